The van der Waals surface area contributed by atoms with E-state index in [0.717, 1.165) is 73.7 Å². The van der Waals surface area contributed by atoms with Gasteiger partial charge in [-0.15, -0.1) is 0 Å². The van der Waals surface area contributed by atoms with Gasteiger partial charge in [0.25, 0.3) is 0 Å². The van der Waals surface area contributed by atoms with E-state index in [-0.39, 0.29) is 49.3 Å². The summed E-state index contributed by atoms with van der Waals surface area (Å²) in [6.07, 6.45) is 11.5. The molecule has 0 aliphatic carbocycles. The summed E-state index contributed by atoms with van der Waals surface area (Å²) in [5.41, 5.74) is 2.78. The van der Waals surface area contributed by atoms with Crippen molar-refractivity contribution in [3.63, 3.8) is 0 Å². The van der Waals surface area contributed by atoms with Crippen LogP contribution in [0.25, 0.3) is 21.8 Å². The Bertz CT molecular complexity index is 1560. The van der Waals surface area contributed by atoms with Gasteiger partial charge in [-0.1, -0.05) is 55.7 Å². The second kappa shape index (κ2) is 22.7. The Morgan fingerprint density at radius 3 is 1.29 bits per heavy atom. The lowest BCUT2D eigenvalue weighted by atomic mass is 10.1. The van der Waals surface area contributed by atoms with Gasteiger partial charge in [0.1, 0.15) is 0 Å². The second-order valence-electron chi connectivity index (χ2n) is 12.5. The molecule has 0 spiro atoms. The van der Waals surface area contributed by atoms with Crippen molar-refractivity contribution in [1.29, 1.82) is 0 Å². The van der Waals surface area contributed by atoms with Gasteiger partial charge in [-0.25, -0.2) is 0 Å². The molecule has 2 aromatic heterocycles. The number of aromatic nitrogens is 2. The van der Waals surface area contributed by atoms with Crippen LogP contribution in [0.2, 0.25) is 0 Å². The van der Waals surface area contributed by atoms with Gasteiger partial charge >= 0.3 is 0 Å². The van der Waals surface area contributed by atoms with Crippen LogP contribution >= 0.6 is 0 Å². The highest BCUT2D eigenvalue weighted by Crippen LogP contribution is 2.22. The molecule has 0 fully saturated rings. The standard InChI is InChI=1S/C39H52N8O4/c48-34(18-20-36(50)46-32-16-6-12-30-14-8-26-44-38(30)32)42-28-10-24-40-22-4-2-1-3-5-23-41-25-11-29-43-35(49)19-21-37(51)47-33-17-7-13-31-15-9-27-45-39(31)33/h6-9,12-17,26-27,40-41H,1-5,10-11,18-25,28-29H2,(H,42,48)(H,43,49)(H,46,50)(H,47,51). The first-order valence-corrected chi connectivity index (χ1v) is 18.2. The first-order chi connectivity index (χ1) is 25.0. The zero-order valence-corrected chi connectivity index (χ0v) is 29.5. The lowest BCUT2D eigenvalue weighted by Crippen LogP contribution is -2.28. The Hall–Kier alpha value is -4.94. The number of rotatable bonds is 24. The number of benzene rings is 2. The van der Waals surface area contributed by atoms with E-state index in [2.05, 4.69) is 41.9 Å². The van der Waals surface area contributed by atoms with Crippen molar-refractivity contribution >= 4 is 56.8 Å². The van der Waals surface area contributed by atoms with E-state index < -0.39 is 0 Å². The van der Waals surface area contributed by atoms with Crippen LogP contribution in [-0.4, -0.2) is 72.9 Å². The molecule has 0 bridgehead atoms. The van der Waals surface area contributed by atoms with Crippen LogP contribution in [0, 0.1) is 0 Å². The molecule has 12 heteroatoms. The highest BCUT2D eigenvalue weighted by Gasteiger charge is 2.11. The van der Waals surface area contributed by atoms with Crippen LogP contribution in [0.5, 0.6) is 0 Å². The smallest absolute Gasteiger partial charge is 0.224 e. The quantitative estimate of drug-likeness (QED) is 0.0553. The van der Waals surface area contributed by atoms with E-state index in [0.29, 0.717) is 24.5 Å². The number of fused-ring (bicyclic) bond motifs is 2. The minimum atomic E-state index is -0.202. The van der Waals surface area contributed by atoms with Gasteiger partial charge in [-0.05, 0) is 76.1 Å². The second-order valence-corrected chi connectivity index (χ2v) is 12.5. The molecule has 0 aliphatic rings. The number of carbonyl (C=O) groups is 4. The van der Waals surface area contributed by atoms with Crippen molar-refractivity contribution in [2.75, 3.05) is 49.9 Å². The summed E-state index contributed by atoms with van der Waals surface area (Å²) in [4.78, 5) is 57.6. The van der Waals surface area contributed by atoms with Gasteiger partial charge in [0.2, 0.25) is 23.6 Å². The maximum Gasteiger partial charge on any atom is 0.224 e. The molecule has 0 unspecified atom stereocenters. The Morgan fingerprint density at radius 1 is 0.431 bits per heavy atom. The molecule has 4 amide bonds. The summed E-state index contributed by atoms with van der Waals surface area (Å²) in [6.45, 7) is 4.80. The number of hydrogen-bond donors (Lipinski definition) is 6. The molecule has 4 rings (SSSR count). The van der Waals surface area contributed by atoms with Gasteiger partial charge in [-0.3, -0.25) is 29.1 Å². The summed E-state index contributed by atoms with van der Waals surface area (Å²) < 4.78 is 0. The minimum absolute atomic E-state index is 0.118. The van der Waals surface area contributed by atoms with Crippen LogP contribution < -0.4 is 31.9 Å². The molecule has 0 saturated carbocycles. The fourth-order valence-corrected chi connectivity index (χ4v) is 5.63. The van der Waals surface area contributed by atoms with E-state index in [1.807, 2.05) is 60.7 Å². The van der Waals surface area contributed by atoms with Gasteiger partial charge in [0.15, 0.2) is 0 Å². The Labute approximate surface area is 300 Å². The van der Waals surface area contributed by atoms with E-state index in [1.54, 1.807) is 12.4 Å². The van der Waals surface area contributed by atoms with E-state index in [1.165, 1.54) is 19.3 Å². The van der Waals surface area contributed by atoms with Crippen LogP contribution in [-0.2, 0) is 19.2 Å². The lowest BCUT2D eigenvalue weighted by Gasteiger charge is -2.09. The van der Waals surface area contributed by atoms with Crippen LogP contribution in [0.4, 0.5) is 11.4 Å². The van der Waals surface area contributed by atoms with Gasteiger partial charge < -0.3 is 31.9 Å². The Kier molecular flexibility index (Phi) is 17.3. The molecule has 0 radical (unpaired) electrons. The monoisotopic (exact) mass is 696 g/mol. The summed E-state index contributed by atoms with van der Waals surface area (Å²) in [6, 6.07) is 18.9. The molecular weight excluding hydrogens is 644 g/mol. The maximum absolute atomic E-state index is 12.3. The molecular formula is C39H52N8O4. The molecule has 0 aliphatic heterocycles. The van der Waals surface area contributed by atoms with Crippen molar-refractivity contribution < 1.29 is 19.2 Å². The Morgan fingerprint density at radius 2 is 0.824 bits per heavy atom. The molecule has 0 saturated heterocycles. The number of pyridine rings is 2. The minimum Gasteiger partial charge on any atom is -0.356 e. The van der Waals surface area contributed by atoms with Crippen molar-refractivity contribution in [1.82, 2.24) is 31.2 Å². The highest BCUT2D eigenvalue weighted by atomic mass is 16.2. The van der Waals surface area contributed by atoms with Crippen molar-refractivity contribution in [3.05, 3.63) is 73.1 Å². The number of para-hydroxylation sites is 2. The third kappa shape index (κ3) is 14.8. The van der Waals surface area contributed by atoms with Gasteiger partial charge in [0, 0.05) is 61.9 Å². The number of anilines is 2. The van der Waals surface area contributed by atoms with E-state index >= 15 is 0 Å². The number of amides is 4. The zero-order chi connectivity index (χ0) is 35.9. The van der Waals surface area contributed by atoms with Gasteiger partial charge in [0.05, 0.1) is 22.4 Å². The molecule has 272 valence electrons. The van der Waals surface area contributed by atoms with Gasteiger partial charge in [-0.2, -0.15) is 0 Å². The predicted molar refractivity (Wildman–Crippen MR) is 203 cm³/mol. The average Bonchev–Trinajstić information content (AvgIpc) is 3.14. The normalized spacial score (nSPS) is 11.0. The third-order valence-electron chi connectivity index (χ3n) is 8.38. The van der Waals surface area contributed by atoms with Crippen LogP contribution in [0.15, 0.2) is 73.1 Å². The van der Waals surface area contributed by atoms with E-state index in [9.17, 15) is 19.2 Å². The molecule has 6 N–H and O–H groups in total. The van der Waals surface area contributed by atoms with Crippen molar-refractivity contribution in [2.45, 2.75) is 70.6 Å². The number of nitrogens with zero attached hydrogens (tertiary/aromatic N) is 2. The number of hydrogen-bond acceptors (Lipinski definition) is 8. The predicted octanol–water partition coefficient (Wildman–Crippen LogP) is 5.06. The fraction of sp³-hybridized carbons (Fsp3) is 0.436. The molecule has 12 nitrogen and oxygen atoms in total. The van der Waals surface area contributed by atoms with Crippen molar-refractivity contribution in [2.24, 2.45) is 0 Å². The largest absolute Gasteiger partial charge is 0.356 e. The molecule has 2 heterocycles. The fourth-order valence-electron chi connectivity index (χ4n) is 5.63. The summed E-state index contributed by atoms with van der Waals surface area (Å²) in [7, 11) is 0. The molecule has 0 atom stereocenters. The van der Waals surface area contributed by atoms with Crippen LogP contribution in [0.3, 0.4) is 0 Å². The number of unbranched alkanes of at least 4 members (excludes halogenated alkanes) is 4. The topological polar surface area (TPSA) is 166 Å². The maximum atomic E-state index is 12.3. The highest BCUT2D eigenvalue weighted by molar-refractivity contribution is 6.02. The average molecular weight is 697 g/mol. The summed E-state index contributed by atoms with van der Waals surface area (Å²) in [5.74, 6) is -0.640. The van der Waals surface area contributed by atoms with E-state index in [4.69, 9.17) is 0 Å². The third-order valence-corrected chi connectivity index (χ3v) is 8.38. The summed E-state index contributed by atoms with van der Waals surface area (Å²) in [5, 5.41) is 20.3. The van der Waals surface area contributed by atoms with Crippen LogP contribution in [0.1, 0.15) is 70.6 Å². The lowest BCUT2D eigenvalue weighted by molar-refractivity contribution is -0.124. The first-order valence-electron chi connectivity index (χ1n) is 18.2. The molecule has 51 heavy (non-hydrogen) atoms. The number of carbonyl (C=O) groups excluding carboxylic acids is 4. The Balaban J connectivity index is 0.871. The summed E-state index contributed by atoms with van der Waals surface area (Å²) >= 11 is 0. The van der Waals surface area contributed by atoms with Crippen molar-refractivity contribution in [3.8, 4) is 0 Å². The molecule has 4 aromatic rings. The molecule has 2 aromatic carbocycles. The zero-order valence-electron chi connectivity index (χ0n) is 29.5. The SMILES string of the molecule is O=C(CCC(=O)Nc1cccc2cccnc12)NCCCNCCCCCCCNCCCNC(=O)CCC(=O)Nc1cccc2cccnc12. The number of nitrogens with one attached hydrogen (secondary N) is 6. The first kappa shape index (κ1) is 38.9.